The fourth-order valence-corrected chi connectivity index (χ4v) is 2.02. The Hall–Kier alpha value is -0.680. The number of alkyl halides is 1. The van der Waals surface area contributed by atoms with Crippen LogP contribution in [0.4, 0.5) is 4.39 Å². The second-order valence-corrected chi connectivity index (χ2v) is 4.35. The number of aromatic nitrogens is 1. The van der Waals surface area contributed by atoms with E-state index in [0.717, 1.165) is 11.3 Å². The summed E-state index contributed by atoms with van der Waals surface area (Å²) in [5, 5.41) is 4.50. The van der Waals surface area contributed by atoms with Gasteiger partial charge in [0.15, 0.2) is 0 Å². The molecule has 2 rings (SSSR count). The predicted octanol–water partition coefficient (Wildman–Crippen LogP) is 4.14. The number of halogens is 3. The molecule has 0 atom stereocenters. The van der Waals surface area contributed by atoms with Gasteiger partial charge in [0.25, 0.3) is 0 Å². The van der Waals surface area contributed by atoms with Gasteiger partial charge >= 0.3 is 0 Å². The van der Waals surface area contributed by atoms with Crippen molar-refractivity contribution in [2.75, 3.05) is 0 Å². The molecule has 15 heavy (non-hydrogen) atoms. The summed E-state index contributed by atoms with van der Waals surface area (Å²) >= 11 is 6.55. The lowest BCUT2D eigenvalue weighted by Gasteiger charge is -1.98. The number of nitrogens with zero attached hydrogens (tertiary/aromatic N) is 1. The zero-order valence-electron chi connectivity index (χ0n) is 7.51. The van der Waals surface area contributed by atoms with Crippen molar-refractivity contribution in [1.82, 2.24) is 5.16 Å². The molecule has 0 fully saturated rings. The summed E-state index contributed by atoms with van der Waals surface area (Å²) in [5.74, 6) is 0.455. The maximum absolute atomic E-state index is 12.9. The molecular formula is C10H6Br2FNO. The first-order valence-electron chi connectivity index (χ1n) is 4.17. The number of rotatable bonds is 2. The lowest BCUT2D eigenvalue weighted by Crippen LogP contribution is -1.81. The molecule has 1 aromatic heterocycles. The first-order valence-corrected chi connectivity index (χ1v) is 6.09. The van der Waals surface area contributed by atoms with Crippen LogP contribution in [0.5, 0.6) is 0 Å². The van der Waals surface area contributed by atoms with Crippen LogP contribution in [0.15, 0.2) is 33.3 Å². The van der Waals surface area contributed by atoms with Crippen LogP contribution in [-0.4, -0.2) is 5.16 Å². The van der Waals surface area contributed by atoms with Crippen molar-refractivity contribution >= 4 is 31.9 Å². The Morgan fingerprint density at radius 2 is 2.13 bits per heavy atom. The minimum atomic E-state index is -0.283. The van der Waals surface area contributed by atoms with Crippen molar-refractivity contribution in [1.29, 1.82) is 0 Å². The highest BCUT2D eigenvalue weighted by Crippen LogP contribution is 2.28. The molecular weight excluding hydrogens is 329 g/mol. The Morgan fingerprint density at radius 3 is 2.73 bits per heavy atom. The number of hydrogen-bond donors (Lipinski definition) is 0. The fraction of sp³-hybridized carbons (Fsp3) is 0.100. The molecule has 2 aromatic rings. The highest BCUT2D eigenvalue weighted by atomic mass is 79.9. The van der Waals surface area contributed by atoms with Gasteiger partial charge in [-0.1, -0.05) is 21.1 Å². The summed E-state index contributed by atoms with van der Waals surface area (Å²) in [6.07, 6.45) is 0. The predicted molar refractivity (Wildman–Crippen MR) is 62.2 cm³/mol. The standard InChI is InChI=1S/C10H6Br2FNO/c11-5-7-4-10(14-15-7)8-2-1-6(13)3-9(8)12/h1-4H,5H2. The smallest absolute Gasteiger partial charge is 0.147 e. The van der Waals surface area contributed by atoms with Crippen molar-refractivity contribution in [2.45, 2.75) is 5.33 Å². The molecule has 0 unspecified atom stereocenters. The van der Waals surface area contributed by atoms with Crippen molar-refractivity contribution in [2.24, 2.45) is 0 Å². The van der Waals surface area contributed by atoms with E-state index >= 15 is 0 Å². The number of hydrogen-bond acceptors (Lipinski definition) is 2. The molecule has 0 bridgehead atoms. The SMILES string of the molecule is Fc1ccc(-c2cc(CBr)on2)c(Br)c1. The largest absolute Gasteiger partial charge is 0.360 e. The molecule has 78 valence electrons. The molecule has 0 N–H and O–H groups in total. The van der Waals surface area contributed by atoms with Crippen molar-refractivity contribution in [3.05, 3.63) is 40.3 Å². The van der Waals surface area contributed by atoms with E-state index in [2.05, 4.69) is 37.0 Å². The van der Waals surface area contributed by atoms with Crippen LogP contribution in [0, 0.1) is 5.82 Å². The van der Waals surface area contributed by atoms with Crippen LogP contribution in [-0.2, 0) is 5.33 Å². The van der Waals surface area contributed by atoms with Gasteiger partial charge in [0.2, 0.25) is 0 Å². The third kappa shape index (κ3) is 2.29. The molecule has 0 aliphatic carbocycles. The molecule has 0 radical (unpaired) electrons. The molecule has 0 saturated heterocycles. The van der Waals surface area contributed by atoms with Gasteiger partial charge in [-0.15, -0.1) is 0 Å². The minimum Gasteiger partial charge on any atom is -0.360 e. The minimum absolute atomic E-state index is 0.283. The van der Waals surface area contributed by atoms with E-state index in [4.69, 9.17) is 4.52 Å². The summed E-state index contributed by atoms with van der Waals surface area (Å²) in [6.45, 7) is 0. The van der Waals surface area contributed by atoms with Gasteiger partial charge in [0.1, 0.15) is 17.3 Å². The molecule has 1 heterocycles. The Morgan fingerprint density at radius 1 is 1.33 bits per heavy atom. The molecule has 0 amide bonds. The first kappa shape index (κ1) is 10.8. The third-order valence-corrected chi connectivity index (χ3v) is 3.11. The van der Waals surface area contributed by atoms with E-state index < -0.39 is 0 Å². The molecule has 0 aliphatic heterocycles. The lowest BCUT2D eigenvalue weighted by atomic mass is 10.1. The summed E-state index contributed by atoms with van der Waals surface area (Å²) in [6, 6.07) is 6.27. The molecule has 2 nitrogen and oxygen atoms in total. The van der Waals surface area contributed by atoms with E-state index in [1.165, 1.54) is 12.1 Å². The summed E-state index contributed by atoms with van der Waals surface area (Å²) in [7, 11) is 0. The second kappa shape index (κ2) is 4.45. The van der Waals surface area contributed by atoms with E-state index in [0.29, 0.717) is 15.5 Å². The third-order valence-electron chi connectivity index (χ3n) is 1.90. The van der Waals surface area contributed by atoms with Gasteiger partial charge in [-0.2, -0.15) is 0 Å². The Balaban J connectivity index is 2.44. The molecule has 5 heteroatoms. The summed E-state index contributed by atoms with van der Waals surface area (Å²) in [5.41, 5.74) is 1.50. The maximum atomic E-state index is 12.9. The average molecular weight is 335 g/mol. The van der Waals surface area contributed by atoms with Crippen LogP contribution < -0.4 is 0 Å². The summed E-state index contributed by atoms with van der Waals surface area (Å²) < 4.78 is 18.6. The van der Waals surface area contributed by atoms with Gasteiger partial charge in [-0.3, -0.25) is 0 Å². The molecule has 0 saturated carbocycles. The monoisotopic (exact) mass is 333 g/mol. The first-order chi connectivity index (χ1) is 7.20. The molecule has 0 aliphatic rings. The molecule has 1 aromatic carbocycles. The normalized spacial score (nSPS) is 10.6. The van der Waals surface area contributed by atoms with E-state index in [1.807, 2.05) is 6.07 Å². The van der Waals surface area contributed by atoms with E-state index in [9.17, 15) is 4.39 Å². The lowest BCUT2D eigenvalue weighted by molar-refractivity contribution is 0.398. The maximum Gasteiger partial charge on any atom is 0.147 e. The zero-order chi connectivity index (χ0) is 10.8. The Kier molecular flexibility index (Phi) is 3.21. The Bertz CT molecular complexity index is 484. The van der Waals surface area contributed by atoms with Crippen LogP contribution in [0.25, 0.3) is 11.3 Å². The van der Waals surface area contributed by atoms with Crippen LogP contribution in [0.2, 0.25) is 0 Å². The molecule has 0 spiro atoms. The fourth-order valence-electron chi connectivity index (χ4n) is 1.20. The van der Waals surface area contributed by atoms with Gasteiger partial charge in [0.05, 0.1) is 5.33 Å². The van der Waals surface area contributed by atoms with Crippen LogP contribution in [0.1, 0.15) is 5.76 Å². The van der Waals surface area contributed by atoms with Crippen molar-refractivity contribution < 1.29 is 8.91 Å². The van der Waals surface area contributed by atoms with Gasteiger partial charge in [-0.05, 0) is 34.1 Å². The quantitative estimate of drug-likeness (QED) is 0.771. The van der Waals surface area contributed by atoms with Gasteiger partial charge < -0.3 is 4.52 Å². The van der Waals surface area contributed by atoms with Gasteiger partial charge in [-0.25, -0.2) is 4.39 Å². The number of benzene rings is 1. The summed E-state index contributed by atoms with van der Waals surface area (Å²) in [4.78, 5) is 0. The van der Waals surface area contributed by atoms with Crippen molar-refractivity contribution in [3.8, 4) is 11.3 Å². The highest BCUT2D eigenvalue weighted by Gasteiger charge is 2.09. The highest BCUT2D eigenvalue weighted by molar-refractivity contribution is 9.10. The second-order valence-electron chi connectivity index (χ2n) is 2.94. The average Bonchev–Trinajstić information content (AvgIpc) is 2.66. The topological polar surface area (TPSA) is 26.0 Å². The zero-order valence-corrected chi connectivity index (χ0v) is 10.7. The van der Waals surface area contributed by atoms with Gasteiger partial charge in [0, 0.05) is 16.1 Å². The van der Waals surface area contributed by atoms with E-state index in [1.54, 1.807) is 6.07 Å². The van der Waals surface area contributed by atoms with Crippen LogP contribution >= 0.6 is 31.9 Å². The van der Waals surface area contributed by atoms with Crippen LogP contribution in [0.3, 0.4) is 0 Å². The van der Waals surface area contributed by atoms with Crippen molar-refractivity contribution in [3.63, 3.8) is 0 Å². The Labute approximate surface area is 103 Å². The van der Waals surface area contributed by atoms with E-state index in [-0.39, 0.29) is 5.82 Å².